The molecule has 2 aromatic rings. The molecule has 1 aliphatic rings. The van der Waals surface area contributed by atoms with Crippen LogP contribution in [0.2, 0.25) is 0 Å². The lowest BCUT2D eigenvalue weighted by Gasteiger charge is -2.33. The maximum atomic E-state index is 12.5. The number of hydrogen-bond donors (Lipinski definition) is 0. The SMILES string of the molecule is FC(F)(F)Oc1ccccc1C1CCN(c2ccccn2)CC1. The third kappa shape index (κ3) is 3.94. The number of pyridine rings is 1. The molecule has 0 radical (unpaired) electrons. The Kier molecular flexibility index (Phi) is 4.41. The molecule has 23 heavy (non-hydrogen) atoms. The van der Waals surface area contributed by atoms with Crippen LogP contribution in [0.5, 0.6) is 5.75 Å². The molecule has 122 valence electrons. The topological polar surface area (TPSA) is 25.4 Å². The van der Waals surface area contributed by atoms with Crippen LogP contribution in [-0.4, -0.2) is 24.4 Å². The summed E-state index contributed by atoms with van der Waals surface area (Å²) in [6.45, 7) is 1.53. The summed E-state index contributed by atoms with van der Waals surface area (Å²) in [5.74, 6) is 0.885. The van der Waals surface area contributed by atoms with E-state index >= 15 is 0 Å². The number of nitrogens with zero attached hydrogens (tertiary/aromatic N) is 2. The largest absolute Gasteiger partial charge is 0.573 e. The number of para-hydroxylation sites is 1. The summed E-state index contributed by atoms with van der Waals surface area (Å²) < 4.78 is 41.8. The number of benzene rings is 1. The van der Waals surface area contributed by atoms with Crippen LogP contribution in [0.15, 0.2) is 48.7 Å². The molecule has 3 rings (SSSR count). The molecule has 0 aliphatic carbocycles. The first-order chi connectivity index (χ1) is 11.0. The third-order valence-corrected chi connectivity index (χ3v) is 4.05. The molecule has 0 bridgehead atoms. The van der Waals surface area contributed by atoms with Crippen molar-refractivity contribution in [1.29, 1.82) is 0 Å². The van der Waals surface area contributed by atoms with E-state index in [2.05, 4.69) is 14.6 Å². The van der Waals surface area contributed by atoms with Gasteiger partial charge < -0.3 is 9.64 Å². The first-order valence-electron chi connectivity index (χ1n) is 7.53. The van der Waals surface area contributed by atoms with Crippen LogP contribution in [0.4, 0.5) is 19.0 Å². The number of halogens is 3. The Morgan fingerprint density at radius 3 is 2.35 bits per heavy atom. The fraction of sp³-hybridized carbons (Fsp3) is 0.353. The van der Waals surface area contributed by atoms with Gasteiger partial charge in [0.1, 0.15) is 11.6 Å². The standard InChI is InChI=1S/C17H17F3N2O/c18-17(19,20)23-15-6-2-1-5-14(15)13-8-11-22(12-9-13)16-7-3-4-10-21-16/h1-7,10,13H,8-9,11-12H2. The Bertz CT molecular complexity index is 638. The molecule has 1 fully saturated rings. The monoisotopic (exact) mass is 322 g/mol. The highest BCUT2D eigenvalue weighted by atomic mass is 19.4. The van der Waals surface area contributed by atoms with E-state index in [4.69, 9.17) is 0 Å². The van der Waals surface area contributed by atoms with Crippen LogP contribution < -0.4 is 9.64 Å². The normalized spacial score (nSPS) is 16.4. The number of hydrogen-bond acceptors (Lipinski definition) is 3. The van der Waals surface area contributed by atoms with E-state index in [1.165, 1.54) is 6.07 Å². The van der Waals surface area contributed by atoms with E-state index in [1.807, 2.05) is 18.2 Å². The zero-order valence-corrected chi connectivity index (χ0v) is 12.5. The molecule has 0 spiro atoms. The van der Waals surface area contributed by atoms with Crippen molar-refractivity contribution in [2.45, 2.75) is 25.1 Å². The summed E-state index contributed by atoms with van der Waals surface area (Å²) in [6, 6.07) is 12.2. The van der Waals surface area contributed by atoms with E-state index in [9.17, 15) is 13.2 Å². The second-order valence-electron chi connectivity index (χ2n) is 5.53. The average molecular weight is 322 g/mol. The van der Waals surface area contributed by atoms with Crippen molar-refractivity contribution >= 4 is 5.82 Å². The van der Waals surface area contributed by atoms with Crippen LogP contribution >= 0.6 is 0 Å². The minimum Gasteiger partial charge on any atom is -0.405 e. The van der Waals surface area contributed by atoms with E-state index in [-0.39, 0.29) is 11.7 Å². The summed E-state index contributed by atoms with van der Waals surface area (Å²) in [5.41, 5.74) is 0.630. The van der Waals surface area contributed by atoms with Gasteiger partial charge in [0, 0.05) is 19.3 Å². The highest BCUT2D eigenvalue weighted by Gasteiger charge is 2.33. The van der Waals surface area contributed by atoms with Gasteiger partial charge in [-0.15, -0.1) is 13.2 Å². The van der Waals surface area contributed by atoms with E-state index in [0.717, 1.165) is 31.7 Å². The Hall–Kier alpha value is -2.24. The van der Waals surface area contributed by atoms with Gasteiger partial charge in [0.05, 0.1) is 0 Å². The molecule has 1 aromatic carbocycles. The van der Waals surface area contributed by atoms with Crippen LogP contribution in [-0.2, 0) is 0 Å². The molecule has 0 atom stereocenters. The minimum atomic E-state index is -4.66. The predicted octanol–water partition coefficient (Wildman–Crippen LogP) is 4.36. The van der Waals surface area contributed by atoms with Gasteiger partial charge in [-0.25, -0.2) is 4.98 Å². The van der Waals surface area contributed by atoms with Crippen LogP contribution in [0.25, 0.3) is 0 Å². The van der Waals surface area contributed by atoms with Gasteiger partial charge in [0.25, 0.3) is 0 Å². The summed E-state index contributed by atoms with van der Waals surface area (Å²) in [4.78, 5) is 6.48. The molecule has 0 amide bonds. The molecule has 3 nitrogen and oxygen atoms in total. The third-order valence-electron chi connectivity index (χ3n) is 4.05. The molecule has 1 aromatic heterocycles. The highest BCUT2D eigenvalue weighted by molar-refractivity contribution is 5.41. The summed E-state index contributed by atoms with van der Waals surface area (Å²) >= 11 is 0. The lowest BCUT2D eigenvalue weighted by atomic mass is 9.89. The van der Waals surface area contributed by atoms with Crippen molar-refractivity contribution < 1.29 is 17.9 Å². The van der Waals surface area contributed by atoms with Crippen molar-refractivity contribution in [2.75, 3.05) is 18.0 Å². The molecule has 1 aliphatic heterocycles. The smallest absolute Gasteiger partial charge is 0.405 e. The van der Waals surface area contributed by atoms with Crippen LogP contribution in [0.1, 0.15) is 24.3 Å². The fourth-order valence-corrected chi connectivity index (χ4v) is 3.00. The van der Waals surface area contributed by atoms with Crippen LogP contribution in [0.3, 0.4) is 0 Å². The average Bonchev–Trinajstić information content (AvgIpc) is 2.55. The maximum absolute atomic E-state index is 12.5. The summed E-state index contributed by atoms with van der Waals surface area (Å²) in [5, 5.41) is 0. The molecule has 6 heteroatoms. The Balaban J connectivity index is 1.71. The van der Waals surface area contributed by atoms with E-state index in [1.54, 1.807) is 24.4 Å². The first kappa shape index (κ1) is 15.6. The van der Waals surface area contributed by atoms with Crippen molar-refractivity contribution in [3.63, 3.8) is 0 Å². The van der Waals surface area contributed by atoms with Gasteiger partial charge in [-0.2, -0.15) is 0 Å². The number of ether oxygens (including phenoxy) is 1. The first-order valence-corrected chi connectivity index (χ1v) is 7.53. The lowest BCUT2D eigenvalue weighted by molar-refractivity contribution is -0.275. The molecule has 0 N–H and O–H groups in total. The Labute approximate surface area is 132 Å². The summed E-state index contributed by atoms with van der Waals surface area (Å²) in [7, 11) is 0. The van der Waals surface area contributed by atoms with Gasteiger partial charge in [0.2, 0.25) is 0 Å². The fourth-order valence-electron chi connectivity index (χ4n) is 3.00. The quantitative estimate of drug-likeness (QED) is 0.839. The van der Waals surface area contributed by atoms with Crippen LogP contribution in [0, 0.1) is 0 Å². The van der Waals surface area contributed by atoms with Crippen molar-refractivity contribution in [3.8, 4) is 5.75 Å². The van der Waals surface area contributed by atoms with Gasteiger partial charge in [0.15, 0.2) is 0 Å². The second kappa shape index (κ2) is 6.48. The number of alkyl halides is 3. The lowest BCUT2D eigenvalue weighted by Crippen LogP contribution is -2.33. The molecule has 0 unspecified atom stereocenters. The Morgan fingerprint density at radius 2 is 1.70 bits per heavy atom. The number of piperidine rings is 1. The zero-order valence-electron chi connectivity index (χ0n) is 12.5. The van der Waals surface area contributed by atoms with E-state index < -0.39 is 6.36 Å². The number of anilines is 1. The number of aromatic nitrogens is 1. The molecular formula is C17H17F3N2O. The molecular weight excluding hydrogens is 305 g/mol. The highest BCUT2D eigenvalue weighted by Crippen LogP contribution is 2.37. The number of rotatable bonds is 3. The van der Waals surface area contributed by atoms with Gasteiger partial charge in [-0.05, 0) is 42.5 Å². The van der Waals surface area contributed by atoms with Crippen molar-refractivity contribution in [2.24, 2.45) is 0 Å². The second-order valence-corrected chi connectivity index (χ2v) is 5.53. The summed E-state index contributed by atoms with van der Waals surface area (Å²) in [6.07, 6.45) is -1.37. The molecule has 1 saturated heterocycles. The van der Waals surface area contributed by atoms with Crippen molar-refractivity contribution in [1.82, 2.24) is 4.98 Å². The van der Waals surface area contributed by atoms with Gasteiger partial charge in [-0.3, -0.25) is 0 Å². The van der Waals surface area contributed by atoms with Crippen molar-refractivity contribution in [3.05, 3.63) is 54.2 Å². The maximum Gasteiger partial charge on any atom is 0.573 e. The Morgan fingerprint density at radius 1 is 1.00 bits per heavy atom. The minimum absolute atomic E-state index is 0.0634. The van der Waals surface area contributed by atoms with E-state index in [0.29, 0.717) is 5.56 Å². The molecule has 0 saturated carbocycles. The van der Waals surface area contributed by atoms with Gasteiger partial charge >= 0.3 is 6.36 Å². The van der Waals surface area contributed by atoms with Gasteiger partial charge in [-0.1, -0.05) is 24.3 Å². The predicted molar refractivity (Wildman–Crippen MR) is 81.6 cm³/mol. The molecule has 2 heterocycles. The zero-order chi connectivity index (χ0) is 16.3.